The van der Waals surface area contributed by atoms with Crippen LogP contribution in [0, 0.1) is 12.7 Å². The smallest absolute Gasteiger partial charge is 0.256 e. The number of carbonyl (C=O) groups excluding carboxylic acids is 1. The van der Waals surface area contributed by atoms with Crippen LogP contribution < -0.4 is 10.6 Å². The van der Waals surface area contributed by atoms with Crippen molar-refractivity contribution in [2.75, 3.05) is 25.5 Å². The van der Waals surface area contributed by atoms with Gasteiger partial charge in [-0.3, -0.25) is 4.79 Å². The van der Waals surface area contributed by atoms with Crippen molar-refractivity contribution in [1.29, 1.82) is 0 Å². The normalized spacial score (nSPS) is 18.1. The van der Waals surface area contributed by atoms with E-state index < -0.39 is 5.60 Å². The van der Waals surface area contributed by atoms with Gasteiger partial charge >= 0.3 is 0 Å². The first-order valence-corrected chi connectivity index (χ1v) is 6.41. The third-order valence-electron chi connectivity index (χ3n) is 3.63. The lowest BCUT2D eigenvalue weighted by atomic mass is 9.91. The highest BCUT2D eigenvalue weighted by molar-refractivity contribution is 5.97. The first-order chi connectivity index (χ1) is 9.07. The van der Waals surface area contributed by atoms with Gasteiger partial charge in [-0.2, -0.15) is 0 Å². The van der Waals surface area contributed by atoms with Crippen LogP contribution in [0.15, 0.2) is 18.2 Å². The predicted molar refractivity (Wildman–Crippen MR) is 71.6 cm³/mol. The second-order valence-corrected chi connectivity index (χ2v) is 4.87. The van der Waals surface area contributed by atoms with Crippen LogP contribution in [0.25, 0.3) is 0 Å². The molecule has 2 rings (SSSR count). The molecule has 0 saturated carbocycles. The SMILES string of the molecule is COC1(C(=O)Nc2ccc(F)c(C)c2)CCNCC1. The van der Waals surface area contributed by atoms with E-state index in [4.69, 9.17) is 4.74 Å². The summed E-state index contributed by atoms with van der Waals surface area (Å²) in [5.41, 5.74) is 0.321. The van der Waals surface area contributed by atoms with Crippen molar-refractivity contribution in [3.8, 4) is 0 Å². The molecule has 0 bridgehead atoms. The summed E-state index contributed by atoms with van der Waals surface area (Å²) < 4.78 is 18.6. The van der Waals surface area contributed by atoms with Crippen molar-refractivity contribution in [3.05, 3.63) is 29.6 Å². The molecule has 0 radical (unpaired) electrons. The fraction of sp³-hybridized carbons (Fsp3) is 0.500. The molecular weight excluding hydrogens is 247 g/mol. The Bertz CT molecular complexity index is 471. The van der Waals surface area contributed by atoms with E-state index >= 15 is 0 Å². The zero-order chi connectivity index (χ0) is 13.9. The number of carbonyl (C=O) groups is 1. The van der Waals surface area contributed by atoms with Crippen molar-refractivity contribution in [2.45, 2.75) is 25.4 Å². The molecule has 0 unspecified atom stereocenters. The number of rotatable bonds is 3. The van der Waals surface area contributed by atoms with Gasteiger partial charge in [-0.25, -0.2) is 4.39 Å². The molecular formula is C14H19FN2O2. The Labute approximate surface area is 112 Å². The fourth-order valence-electron chi connectivity index (χ4n) is 2.32. The van der Waals surface area contributed by atoms with Gasteiger partial charge in [0.1, 0.15) is 11.4 Å². The van der Waals surface area contributed by atoms with Gasteiger partial charge in [0.2, 0.25) is 0 Å². The molecule has 0 aromatic heterocycles. The summed E-state index contributed by atoms with van der Waals surface area (Å²) in [7, 11) is 1.56. The predicted octanol–water partition coefficient (Wildman–Crippen LogP) is 1.84. The third kappa shape index (κ3) is 2.93. The molecule has 1 aromatic carbocycles. The standard InChI is InChI=1S/C14H19FN2O2/c1-10-9-11(3-4-12(10)15)17-13(18)14(19-2)5-7-16-8-6-14/h3-4,9,16H,5-8H2,1-2H3,(H,17,18). The number of nitrogens with one attached hydrogen (secondary N) is 2. The topological polar surface area (TPSA) is 50.4 Å². The van der Waals surface area contributed by atoms with E-state index in [1.54, 1.807) is 26.2 Å². The van der Waals surface area contributed by atoms with Crippen LogP contribution >= 0.6 is 0 Å². The maximum absolute atomic E-state index is 13.2. The van der Waals surface area contributed by atoms with Crippen LogP contribution in [0.2, 0.25) is 0 Å². The average Bonchev–Trinajstić information content (AvgIpc) is 2.43. The minimum absolute atomic E-state index is 0.164. The van der Waals surface area contributed by atoms with Gasteiger partial charge in [-0.15, -0.1) is 0 Å². The van der Waals surface area contributed by atoms with Gasteiger partial charge < -0.3 is 15.4 Å². The summed E-state index contributed by atoms with van der Waals surface area (Å²) in [5.74, 6) is -0.441. The molecule has 1 fully saturated rings. The van der Waals surface area contributed by atoms with Crippen molar-refractivity contribution in [3.63, 3.8) is 0 Å². The van der Waals surface area contributed by atoms with Crippen LogP contribution in [0.1, 0.15) is 18.4 Å². The van der Waals surface area contributed by atoms with Gasteiger partial charge in [-0.05, 0) is 56.6 Å². The fourth-order valence-corrected chi connectivity index (χ4v) is 2.32. The maximum atomic E-state index is 13.2. The monoisotopic (exact) mass is 266 g/mol. The maximum Gasteiger partial charge on any atom is 0.256 e. The lowest BCUT2D eigenvalue weighted by molar-refractivity contribution is -0.140. The number of methoxy groups -OCH3 is 1. The van der Waals surface area contributed by atoms with Crippen LogP contribution in [0.5, 0.6) is 0 Å². The van der Waals surface area contributed by atoms with Gasteiger partial charge in [0.15, 0.2) is 0 Å². The summed E-state index contributed by atoms with van der Waals surface area (Å²) >= 11 is 0. The Hall–Kier alpha value is -1.46. The Morgan fingerprint density at radius 2 is 2.11 bits per heavy atom. The molecule has 0 atom stereocenters. The number of anilines is 1. The van der Waals surface area contributed by atoms with Gasteiger partial charge in [0.25, 0.3) is 5.91 Å². The number of ether oxygens (including phenoxy) is 1. The minimum Gasteiger partial charge on any atom is -0.368 e. The minimum atomic E-state index is -0.784. The highest BCUT2D eigenvalue weighted by Crippen LogP contribution is 2.25. The lowest BCUT2D eigenvalue weighted by Gasteiger charge is -2.34. The highest BCUT2D eigenvalue weighted by atomic mass is 19.1. The molecule has 5 heteroatoms. The van der Waals surface area contributed by atoms with Crippen molar-refractivity contribution in [1.82, 2.24) is 5.32 Å². The van der Waals surface area contributed by atoms with E-state index in [1.807, 2.05) is 0 Å². The molecule has 1 heterocycles. The number of hydrogen-bond donors (Lipinski definition) is 2. The van der Waals surface area contributed by atoms with Crippen molar-refractivity contribution < 1.29 is 13.9 Å². The number of aryl methyl sites for hydroxylation is 1. The first kappa shape index (κ1) is 14.0. The van der Waals surface area contributed by atoms with E-state index in [2.05, 4.69) is 10.6 Å². The molecule has 1 aliphatic heterocycles. The van der Waals surface area contributed by atoms with Gasteiger partial charge in [0.05, 0.1) is 0 Å². The molecule has 1 amide bonds. The van der Waals surface area contributed by atoms with Crippen molar-refractivity contribution >= 4 is 11.6 Å². The van der Waals surface area contributed by atoms with E-state index in [-0.39, 0.29) is 11.7 Å². The zero-order valence-electron chi connectivity index (χ0n) is 11.3. The largest absolute Gasteiger partial charge is 0.368 e. The first-order valence-electron chi connectivity index (χ1n) is 6.41. The van der Waals surface area contributed by atoms with Crippen LogP contribution in [0.4, 0.5) is 10.1 Å². The second-order valence-electron chi connectivity index (χ2n) is 4.87. The molecule has 104 valence electrons. The molecule has 2 N–H and O–H groups in total. The Kier molecular flexibility index (Phi) is 4.17. The number of amides is 1. The van der Waals surface area contributed by atoms with Gasteiger partial charge in [0, 0.05) is 12.8 Å². The summed E-state index contributed by atoms with van der Waals surface area (Å²) in [4.78, 5) is 12.4. The second kappa shape index (κ2) is 5.67. The molecule has 1 saturated heterocycles. The molecule has 19 heavy (non-hydrogen) atoms. The molecule has 4 nitrogen and oxygen atoms in total. The van der Waals surface area contributed by atoms with Crippen LogP contribution in [-0.4, -0.2) is 31.7 Å². The van der Waals surface area contributed by atoms with E-state index in [0.29, 0.717) is 24.1 Å². The van der Waals surface area contributed by atoms with Crippen LogP contribution in [-0.2, 0) is 9.53 Å². The quantitative estimate of drug-likeness (QED) is 0.877. The molecule has 1 aromatic rings. The number of hydrogen-bond acceptors (Lipinski definition) is 3. The summed E-state index contributed by atoms with van der Waals surface area (Å²) in [6, 6.07) is 4.54. The van der Waals surface area contributed by atoms with E-state index in [1.165, 1.54) is 6.07 Å². The summed E-state index contributed by atoms with van der Waals surface area (Å²) in [6.07, 6.45) is 1.27. The zero-order valence-corrected chi connectivity index (χ0v) is 11.3. The van der Waals surface area contributed by atoms with Crippen LogP contribution in [0.3, 0.4) is 0 Å². The molecule has 1 aliphatic rings. The summed E-state index contributed by atoms with van der Waals surface area (Å²) in [5, 5.41) is 6.01. The Morgan fingerprint density at radius 3 is 2.68 bits per heavy atom. The average molecular weight is 266 g/mol. The van der Waals surface area contributed by atoms with Crippen molar-refractivity contribution in [2.24, 2.45) is 0 Å². The molecule has 0 aliphatic carbocycles. The highest BCUT2D eigenvalue weighted by Gasteiger charge is 2.39. The van der Waals surface area contributed by atoms with E-state index in [9.17, 15) is 9.18 Å². The molecule has 0 spiro atoms. The lowest BCUT2D eigenvalue weighted by Crippen LogP contribution is -2.51. The van der Waals surface area contributed by atoms with E-state index in [0.717, 1.165) is 13.1 Å². The summed E-state index contributed by atoms with van der Waals surface area (Å²) in [6.45, 7) is 3.18. The number of benzene rings is 1. The Morgan fingerprint density at radius 1 is 1.42 bits per heavy atom. The van der Waals surface area contributed by atoms with Gasteiger partial charge in [-0.1, -0.05) is 0 Å². The number of halogens is 1. The third-order valence-corrected chi connectivity index (χ3v) is 3.63. The number of piperidine rings is 1. The Balaban J connectivity index is 2.12.